The summed E-state index contributed by atoms with van der Waals surface area (Å²) in [6.07, 6.45) is 9.50. The first-order valence-electron chi connectivity index (χ1n) is 7.73. The normalized spacial score (nSPS) is 11.9. The van der Waals surface area contributed by atoms with Gasteiger partial charge in [-0.15, -0.1) is 0 Å². The van der Waals surface area contributed by atoms with E-state index in [9.17, 15) is 4.79 Å². The van der Waals surface area contributed by atoms with Gasteiger partial charge >= 0.3 is 5.97 Å². The van der Waals surface area contributed by atoms with Crippen LogP contribution in [0.4, 0.5) is 0 Å². The zero-order valence-electron chi connectivity index (χ0n) is 13.2. The molecule has 2 heteroatoms. The van der Waals surface area contributed by atoms with E-state index in [1.54, 1.807) is 0 Å². The van der Waals surface area contributed by atoms with Gasteiger partial charge in [0, 0.05) is 0 Å². The summed E-state index contributed by atoms with van der Waals surface area (Å²) in [6.45, 7) is 10.4. The van der Waals surface area contributed by atoms with Crippen molar-refractivity contribution >= 4 is 5.97 Å². The van der Waals surface area contributed by atoms with Crippen molar-refractivity contribution < 1.29 is 9.90 Å². The molecule has 0 aliphatic heterocycles. The molecule has 0 amide bonds. The average molecular weight is 258 g/mol. The minimum absolute atomic E-state index is 0.142. The fraction of sp³-hybridized carbons (Fsp3) is 0.938. The molecule has 0 heterocycles. The number of carboxylic acid groups (broad SMARTS) is 1. The SMILES string of the molecule is CCC.CCCCCCCCC(C(=O)O)C(C)C. The number of carboxylic acids is 1. The summed E-state index contributed by atoms with van der Waals surface area (Å²) < 4.78 is 0. The Morgan fingerprint density at radius 3 is 1.78 bits per heavy atom. The van der Waals surface area contributed by atoms with Gasteiger partial charge in [-0.05, 0) is 12.3 Å². The second-order valence-electron chi connectivity index (χ2n) is 5.45. The Morgan fingerprint density at radius 1 is 0.944 bits per heavy atom. The largest absolute Gasteiger partial charge is 0.481 e. The fourth-order valence-electron chi connectivity index (χ4n) is 1.89. The lowest BCUT2D eigenvalue weighted by Gasteiger charge is -2.15. The molecule has 0 aromatic carbocycles. The van der Waals surface area contributed by atoms with Crippen molar-refractivity contribution in [3.05, 3.63) is 0 Å². The highest BCUT2D eigenvalue weighted by atomic mass is 16.4. The second-order valence-corrected chi connectivity index (χ2v) is 5.45. The monoisotopic (exact) mass is 258 g/mol. The predicted molar refractivity (Wildman–Crippen MR) is 79.9 cm³/mol. The molecule has 0 aromatic heterocycles. The smallest absolute Gasteiger partial charge is 0.306 e. The van der Waals surface area contributed by atoms with Crippen LogP contribution in [0.1, 0.15) is 86.0 Å². The molecular weight excluding hydrogens is 224 g/mol. The molecule has 0 radical (unpaired) electrons. The van der Waals surface area contributed by atoms with E-state index in [1.165, 1.54) is 38.5 Å². The minimum atomic E-state index is -0.626. The molecule has 2 nitrogen and oxygen atoms in total. The third-order valence-corrected chi connectivity index (χ3v) is 2.99. The lowest BCUT2D eigenvalue weighted by atomic mass is 9.90. The lowest BCUT2D eigenvalue weighted by Crippen LogP contribution is -2.19. The molecule has 0 rings (SSSR count). The number of hydrogen-bond acceptors (Lipinski definition) is 1. The zero-order valence-corrected chi connectivity index (χ0v) is 13.2. The molecule has 1 N–H and O–H groups in total. The summed E-state index contributed by atoms with van der Waals surface area (Å²) in [6, 6.07) is 0. The van der Waals surface area contributed by atoms with Crippen LogP contribution >= 0.6 is 0 Å². The molecule has 0 aromatic rings. The van der Waals surface area contributed by atoms with Gasteiger partial charge in [-0.2, -0.15) is 0 Å². The lowest BCUT2D eigenvalue weighted by molar-refractivity contribution is -0.143. The maximum Gasteiger partial charge on any atom is 0.306 e. The van der Waals surface area contributed by atoms with E-state index in [0.29, 0.717) is 0 Å². The van der Waals surface area contributed by atoms with Crippen molar-refractivity contribution in [2.24, 2.45) is 11.8 Å². The van der Waals surface area contributed by atoms with Crippen LogP contribution in [-0.4, -0.2) is 11.1 Å². The molecule has 0 spiro atoms. The van der Waals surface area contributed by atoms with Crippen LogP contribution in [0.5, 0.6) is 0 Å². The Bertz CT molecular complexity index is 176. The Morgan fingerprint density at radius 2 is 1.39 bits per heavy atom. The molecule has 1 unspecified atom stereocenters. The minimum Gasteiger partial charge on any atom is -0.481 e. The Balaban J connectivity index is 0. The van der Waals surface area contributed by atoms with E-state index in [1.807, 2.05) is 13.8 Å². The topological polar surface area (TPSA) is 37.3 Å². The van der Waals surface area contributed by atoms with Crippen LogP contribution in [-0.2, 0) is 4.79 Å². The van der Waals surface area contributed by atoms with Crippen molar-refractivity contribution in [1.82, 2.24) is 0 Å². The summed E-state index contributed by atoms with van der Waals surface area (Å²) in [5, 5.41) is 8.98. The van der Waals surface area contributed by atoms with Gasteiger partial charge in [0.25, 0.3) is 0 Å². The van der Waals surface area contributed by atoms with Gasteiger partial charge in [-0.3, -0.25) is 4.79 Å². The van der Waals surface area contributed by atoms with Crippen LogP contribution in [0.2, 0.25) is 0 Å². The second kappa shape index (κ2) is 14.5. The van der Waals surface area contributed by atoms with E-state index in [4.69, 9.17) is 5.11 Å². The van der Waals surface area contributed by atoms with Crippen LogP contribution in [0.15, 0.2) is 0 Å². The van der Waals surface area contributed by atoms with E-state index in [-0.39, 0.29) is 11.8 Å². The Hall–Kier alpha value is -0.530. The molecule has 0 aliphatic rings. The quantitative estimate of drug-likeness (QED) is 0.554. The van der Waals surface area contributed by atoms with Gasteiger partial charge in [0.2, 0.25) is 0 Å². The van der Waals surface area contributed by atoms with Gasteiger partial charge in [-0.1, -0.05) is 79.6 Å². The molecule has 18 heavy (non-hydrogen) atoms. The van der Waals surface area contributed by atoms with Gasteiger partial charge < -0.3 is 5.11 Å². The summed E-state index contributed by atoms with van der Waals surface area (Å²) in [4.78, 5) is 10.9. The zero-order chi connectivity index (χ0) is 14.4. The number of hydrogen-bond donors (Lipinski definition) is 1. The molecular formula is C16H34O2. The van der Waals surface area contributed by atoms with Crippen LogP contribution in [0.25, 0.3) is 0 Å². The highest BCUT2D eigenvalue weighted by molar-refractivity contribution is 5.70. The summed E-state index contributed by atoms with van der Waals surface area (Å²) in [7, 11) is 0. The van der Waals surface area contributed by atoms with Crippen LogP contribution in [0.3, 0.4) is 0 Å². The maximum absolute atomic E-state index is 10.9. The molecule has 0 fully saturated rings. The van der Waals surface area contributed by atoms with Gasteiger partial charge in [0.05, 0.1) is 5.92 Å². The predicted octanol–water partition coefficient (Wildman–Crippen LogP) is 5.51. The van der Waals surface area contributed by atoms with Gasteiger partial charge in [0.1, 0.15) is 0 Å². The number of carbonyl (C=O) groups is 1. The van der Waals surface area contributed by atoms with E-state index in [0.717, 1.165) is 12.8 Å². The summed E-state index contributed by atoms with van der Waals surface area (Å²) in [5.74, 6) is -0.507. The van der Waals surface area contributed by atoms with E-state index >= 15 is 0 Å². The summed E-state index contributed by atoms with van der Waals surface area (Å²) >= 11 is 0. The van der Waals surface area contributed by atoms with Crippen molar-refractivity contribution in [2.75, 3.05) is 0 Å². The first-order chi connectivity index (χ1) is 8.51. The number of aliphatic carboxylic acids is 1. The Labute approximate surface area is 114 Å². The third kappa shape index (κ3) is 13.5. The maximum atomic E-state index is 10.9. The van der Waals surface area contributed by atoms with Gasteiger partial charge in [0.15, 0.2) is 0 Å². The standard InChI is InChI=1S/C13H26O2.C3H8/c1-4-5-6-7-8-9-10-12(11(2)3)13(14)15;1-3-2/h11-12H,4-10H2,1-3H3,(H,14,15);3H2,1-2H3. The van der Waals surface area contributed by atoms with Crippen molar-refractivity contribution in [2.45, 2.75) is 86.0 Å². The number of unbranched alkanes of at least 4 members (excludes halogenated alkanes) is 5. The van der Waals surface area contributed by atoms with Crippen molar-refractivity contribution in [3.8, 4) is 0 Å². The van der Waals surface area contributed by atoms with Gasteiger partial charge in [-0.25, -0.2) is 0 Å². The van der Waals surface area contributed by atoms with E-state index < -0.39 is 5.97 Å². The molecule has 0 saturated carbocycles. The van der Waals surface area contributed by atoms with Crippen LogP contribution < -0.4 is 0 Å². The first kappa shape index (κ1) is 19.8. The Kier molecular flexibility index (Phi) is 16.0. The molecule has 0 aliphatic carbocycles. The highest BCUT2D eigenvalue weighted by Gasteiger charge is 2.20. The van der Waals surface area contributed by atoms with E-state index in [2.05, 4.69) is 20.8 Å². The van der Waals surface area contributed by atoms with Crippen LogP contribution in [0, 0.1) is 11.8 Å². The fourth-order valence-corrected chi connectivity index (χ4v) is 1.89. The molecule has 0 saturated heterocycles. The molecule has 110 valence electrons. The first-order valence-corrected chi connectivity index (χ1v) is 7.73. The highest BCUT2D eigenvalue weighted by Crippen LogP contribution is 2.19. The van der Waals surface area contributed by atoms with Crippen molar-refractivity contribution in [3.63, 3.8) is 0 Å². The number of rotatable bonds is 9. The summed E-state index contributed by atoms with van der Waals surface area (Å²) in [5.41, 5.74) is 0. The molecule has 1 atom stereocenters. The van der Waals surface area contributed by atoms with Crippen molar-refractivity contribution in [1.29, 1.82) is 0 Å². The average Bonchev–Trinajstić information content (AvgIpc) is 2.28. The molecule has 0 bridgehead atoms. The third-order valence-electron chi connectivity index (χ3n) is 2.99.